The van der Waals surface area contributed by atoms with Crippen molar-refractivity contribution in [1.82, 2.24) is 19.9 Å². The van der Waals surface area contributed by atoms with Gasteiger partial charge in [-0.15, -0.1) is 0 Å². The van der Waals surface area contributed by atoms with Crippen LogP contribution in [0.25, 0.3) is 33.5 Å². The van der Waals surface area contributed by atoms with Crippen LogP contribution in [-0.2, 0) is 4.79 Å². The maximum Gasteiger partial charge on any atom is 0.239 e. The number of aromatic nitrogens is 4. The Morgan fingerprint density at radius 2 is 1.76 bits per heavy atom. The molecular formula is C27H19ClF3N5O. The van der Waals surface area contributed by atoms with Gasteiger partial charge in [0.2, 0.25) is 12.3 Å². The number of aromatic amines is 1. The molecule has 0 aliphatic rings. The Balaban J connectivity index is 1.52. The van der Waals surface area contributed by atoms with E-state index in [4.69, 9.17) is 11.6 Å². The molecule has 186 valence electrons. The molecule has 1 aromatic carbocycles. The predicted molar refractivity (Wildman–Crippen MR) is 136 cm³/mol. The van der Waals surface area contributed by atoms with Crippen LogP contribution in [0.3, 0.4) is 0 Å². The fourth-order valence-electron chi connectivity index (χ4n) is 4.16. The fourth-order valence-corrected chi connectivity index (χ4v) is 4.36. The first kappa shape index (κ1) is 24.5. The number of carbonyl (C=O) groups excluding carboxylic acids is 1. The summed E-state index contributed by atoms with van der Waals surface area (Å²) in [5.74, 6) is -2.23. The average Bonchev–Trinajstić information content (AvgIpc) is 3.29. The molecular weight excluding hydrogens is 503 g/mol. The SMILES string of the molecule is O=C(Nc1cc(-c2[nH]c3c(Cl)ccnc3c2-c2ccccn2)ccn1)C(CC(F)F)c1ccc(F)cc1. The van der Waals surface area contributed by atoms with Crippen molar-refractivity contribution in [3.63, 3.8) is 0 Å². The number of H-pyrrole nitrogens is 1. The van der Waals surface area contributed by atoms with Crippen LogP contribution in [0.4, 0.5) is 19.0 Å². The van der Waals surface area contributed by atoms with E-state index in [9.17, 15) is 18.0 Å². The highest BCUT2D eigenvalue weighted by molar-refractivity contribution is 6.35. The van der Waals surface area contributed by atoms with Crippen molar-refractivity contribution in [2.75, 3.05) is 5.32 Å². The molecule has 4 aromatic heterocycles. The first-order valence-electron chi connectivity index (χ1n) is 11.3. The number of anilines is 1. The third kappa shape index (κ3) is 5.17. The highest BCUT2D eigenvalue weighted by Gasteiger charge is 2.26. The largest absolute Gasteiger partial charge is 0.351 e. The lowest BCUT2D eigenvalue weighted by atomic mass is 9.95. The van der Waals surface area contributed by atoms with Crippen LogP contribution in [0, 0.1) is 5.82 Å². The molecule has 0 spiro atoms. The van der Waals surface area contributed by atoms with Gasteiger partial charge in [0.25, 0.3) is 0 Å². The number of nitrogens with one attached hydrogen (secondary N) is 2. The van der Waals surface area contributed by atoms with Gasteiger partial charge in [-0.25, -0.2) is 18.2 Å². The fraction of sp³-hybridized carbons (Fsp3) is 0.111. The van der Waals surface area contributed by atoms with Crippen molar-refractivity contribution in [2.24, 2.45) is 0 Å². The van der Waals surface area contributed by atoms with Crippen LogP contribution in [-0.4, -0.2) is 32.3 Å². The molecule has 37 heavy (non-hydrogen) atoms. The molecule has 0 aliphatic carbocycles. The van der Waals surface area contributed by atoms with Crippen molar-refractivity contribution < 1.29 is 18.0 Å². The summed E-state index contributed by atoms with van der Waals surface area (Å²) in [5.41, 5.74) is 4.19. The Morgan fingerprint density at radius 1 is 0.973 bits per heavy atom. The molecule has 0 saturated heterocycles. The van der Waals surface area contributed by atoms with E-state index in [1.54, 1.807) is 36.7 Å². The summed E-state index contributed by atoms with van der Waals surface area (Å²) in [6.45, 7) is 0. The summed E-state index contributed by atoms with van der Waals surface area (Å²) in [6.07, 6.45) is 1.32. The Bertz CT molecular complexity index is 1560. The van der Waals surface area contributed by atoms with Crippen molar-refractivity contribution in [1.29, 1.82) is 0 Å². The van der Waals surface area contributed by atoms with Gasteiger partial charge in [0.1, 0.15) is 11.6 Å². The van der Waals surface area contributed by atoms with E-state index in [-0.39, 0.29) is 11.4 Å². The normalized spacial score (nSPS) is 12.1. The minimum Gasteiger partial charge on any atom is -0.351 e. The second-order valence-corrected chi connectivity index (χ2v) is 8.66. The maximum atomic E-state index is 13.3. The maximum absolute atomic E-state index is 13.3. The number of alkyl halides is 2. The summed E-state index contributed by atoms with van der Waals surface area (Å²) in [6, 6.07) is 15.4. The van der Waals surface area contributed by atoms with Crippen LogP contribution in [0.1, 0.15) is 17.9 Å². The number of hydrogen-bond donors (Lipinski definition) is 2. The van der Waals surface area contributed by atoms with E-state index in [1.165, 1.54) is 18.3 Å². The number of hydrogen-bond acceptors (Lipinski definition) is 4. The predicted octanol–water partition coefficient (Wildman–Crippen LogP) is 6.86. The number of halogens is 4. The molecule has 5 rings (SSSR count). The molecule has 0 fully saturated rings. The summed E-state index contributed by atoms with van der Waals surface area (Å²) in [5, 5.41) is 3.10. The standard InChI is InChI=1S/C27H19ClF3N5O/c28-19-9-12-34-26-23(20-3-1-2-10-32-20)24(36-25(19)26)16-8-11-33-22(13-16)35-27(37)18(14-21(30)31)15-4-6-17(29)7-5-15/h1-13,18,21,36H,14H2,(H,33,35,37). The number of carbonyl (C=O) groups is 1. The molecule has 0 bridgehead atoms. The molecule has 1 atom stereocenters. The zero-order valence-electron chi connectivity index (χ0n) is 19.1. The number of fused-ring (bicyclic) bond motifs is 1. The van der Waals surface area contributed by atoms with Crippen LogP contribution < -0.4 is 5.32 Å². The second kappa shape index (κ2) is 10.4. The monoisotopic (exact) mass is 521 g/mol. The van der Waals surface area contributed by atoms with Crippen LogP contribution in [0.15, 0.2) is 79.3 Å². The molecule has 2 N–H and O–H groups in total. The minimum atomic E-state index is -2.73. The average molecular weight is 522 g/mol. The molecule has 1 unspecified atom stereocenters. The van der Waals surface area contributed by atoms with Gasteiger partial charge in [-0.2, -0.15) is 0 Å². The lowest BCUT2D eigenvalue weighted by Gasteiger charge is -2.17. The Morgan fingerprint density at radius 3 is 2.49 bits per heavy atom. The van der Waals surface area contributed by atoms with E-state index in [2.05, 4.69) is 25.3 Å². The lowest BCUT2D eigenvalue weighted by Crippen LogP contribution is -2.23. The van der Waals surface area contributed by atoms with E-state index in [0.717, 1.165) is 12.1 Å². The Labute approximate surface area is 214 Å². The smallest absolute Gasteiger partial charge is 0.239 e. The second-order valence-electron chi connectivity index (χ2n) is 8.26. The number of nitrogens with zero attached hydrogens (tertiary/aromatic N) is 3. The van der Waals surface area contributed by atoms with Crippen molar-refractivity contribution in [3.05, 3.63) is 95.7 Å². The zero-order valence-corrected chi connectivity index (χ0v) is 19.9. The zero-order chi connectivity index (χ0) is 25.9. The number of amides is 1. The van der Waals surface area contributed by atoms with Gasteiger partial charge in [0.05, 0.1) is 38.9 Å². The Kier molecular flexibility index (Phi) is 6.87. The topological polar surface area (TPSA) is 83.6 Å². The van der Waals surface area contributed by atoms with Crippen molar-refractivity contribution in [3.8, 4) is 22.5 Å². The number of pyridine rings is 3. The summed E-state index contributed by atoms with van der Waals surface area (Å²) >= 11 is 6.42. The van der Waals surface area contributed by atoms with Crippen LogP contribution in [0.5, 0.6) is 0 Å². The highest BCUT2D eigenvalue weighted by atomic mass is 35.5. The molecule has 0 saturated carbocycles. The van der Waals surface area contributed by atoms with Crippen LogP contribution in [0.2, 0.25) is 5.02 Å². The molecule has 4 heterocycles. The van der Waals surface area contributed by atoms with Gasteiger partial charge in [-0.3, -0.25) is 14.8 Å². The summed E-state index contributed by atoms with van der Waals surface area (Å²) in [7, 11) is 0. The Hall–Kier alpha value is -4.24. The highest BCUT2D eigenvalue weighted by Crippen LogP contribution is 2.39. The summed E-state index contributed by atoms with van der Waals surface area (Å²) < 4.78 is 39.9. The quantitative estimate of drug-likeness (QED) is 0.245. The van der Waals surface area contributed by atoms with Gasteiger partial charge in [0, 0.05) is 30.6 Å². The van der Waals surface area contributed by atoms with E-state index >= 15 is 0 Å². The molecule has 0 aliphatic heterocycles. The lowest BCUT2D eigenvalue weighted by molar-refractivity contribution is -0.118. The third-order valence-corrected chi connectivity index (χ3v) is 6.18. The minimum absolute atomic E-state index is 0.161. The molecule has 10 heteroatoms. The van der Waals surface area contributed by atoms with Gasteiger partial charge >= 0.3 is 0 Å². The first-order chi connectivity index (χ1) is 17.9. The first-order valence-corrected chi connectivity index (χ1v) is 11.7. The van der Waals surface area contributed by atoms with E-state index < -0.39 is 30.5 Å². The van der Waals surface area contributed by atoms with Crippen molar-refractivity contribution >= 4 is 34.4 Å². The number of benzene rings is 1. The number of rotatable bonds is 7. The van der Waals surface area contributed by atoms with Gasteiger partial charge < -0.3 is 10.3 Å². The van der Waals surface area contributed by atoms with Gasteiger partial charge in [-0.05, 0) is 48.0 Å². The van der Waals surface area contributed by atoms with E-state index in [0.29, 0.717) is 38.6 Å². The molecule has 1 amide bonds. The third-order valence-electron chi connectivity index (χ3n) is 5.86. The van der Waals surface area contributed by atoms with Gasteiger partial charge in [0.15, 0.2) is 0 Å². The van der Waals surface area contributed by atoms with Crippen LogP contribution >= 0.6 is 11.6 Å². The molecule has 0 radical (unpaired) electrons. The van der Waals surface area contributed by atoms with E-state index in [1.807, 2.05) is 12.1 Å². The summed E-state index contributed by atoms with van der Waals surface area (Å²) in [4.78, 5) is 29.5. The van der Waals surface area contributed by atoms with Gasteiger partial charge in [-0.1, -0.05) is 29.8 Å². The van der Waals surface area contributed by atoms with Crippen molar-refractivity contribution in [2.45, 2.75) is 18.8 Å². The molecule has 5 aromatic rings. The molecule has 6 nitrogen and oxygen atoms in total.